The maximum absolute atomic E-state index is 5.26. The summed E-state index contributed by atoms with van der Waals surface area (Å²) in [6.07, 6.45) is 1.03. The fourth-order valence-electron chi connectivity index (χ4n) is 2.14. The molecule has 0 aliphatic heterocycles. The van der Waals surface area contributed by atoms with E-state index in [2.05, 4.69) is 29.4 Å². The topological polar surface area (TPSA) is 37.0 Å². The van der Waals surface area contributed by atoms with Crippen LogP contribution >= 0.6 is 0 Å². The lowest BCUT2D eigenvalue weighted by Gasteiger charge is -2.01. The molecule has 3 nitrogen and oxygen atoms in total. The maximum atomic E-state index is 5.26. The van der Waals surface area contributed by atoms with E-state index in [0.29, 0.717) is 0 Å². The van der Waals surface area contributed by atoms with Crippen molar-refractivity contribution in [1.29, 1.82) is 0 Å². The van der Waals surface area contributed by atoms with Crippen LogP contribution in [0.5, 0.6) is 5.75 Å². The van der Waals surface area contributed by atoms with Crippen LogP contribution < -0.4 is 10.1 Å². The average Bonchev–Trinajstić information content (AvgIpc) is 2.65. The van der Waals surface area contributed by atoms with Gasteiger partial charge in [-0.25, -0.2) is 0 Å². The van der Waals surface area contributed by atoms with Crippen molar-refractivity contribution in [2.75, 3.05) is 14.2 Å². The summed E-state index contributed by atoms with van der Waals surface area (Å²) in [5.74, 6) is 0.914. The third-order valence-electron chi connectivity index (χ3n) is 2.91. The van der Waals surface area contributed by atoms with Gasteiger partial charge < -0.3 is 15.0 Å². The van der Waals surface area contributed by atoms with E-state index in [1.807, 2.05) is 13.1 Å². The van der Waals surface area contributed by atoms with Crippen molar-refractivity contribution < 1.29 is 4.74 Å². The minimum absolute atomic E-state index is 0.875. The summed E-state index contributed by atoms with van der Waals surface area (Å²) in [5.41, 5.74) is 3.83. The van der Waals surface area contributed by atoms with Gasteiger partial charge in [0.1, 0.15) is 5.75 Å². The van der Waals surface area contributed by atoms with Gasteiger partial charge in [0.2, 0.25) is 0 Å². The molecule has 0 radical (unpaired) electrons. The number of methoxy groups -OCH3 is 1. The number of H-pyrrole nitrogens is 1. The summed E-state index contributed by atoms with van der Waals surface area (Å²) in [7, 11) is 3.67. The van der Waals surface area contributed by atoms with Gasteiger partial charge in [-0.1, -0.05) is 6.92 Å². The van der Waals surface area contributed by atoms with Crippen LogP contribution in [0.25, 0.3) is 10.9 Å². The maximum Gasteiger partial charge on any atom is 0.119 e. The number of fused-ring (bicyclic) bond motifs is 1. The lowest BCUT2D eigenvalue weighted by molar-refractivity contribution is 0.415. The highest BCUT2D eigenvalue weighted by Gasteiger charge is 2.09. The molecule has 0 aliphatic rings. The molecule has 1 heterocycles. The van der Waals surface area contributed by atoms with Gasteiger partial charge >= 0.3 is 0 Å². The summed E-state index contributed by atoms with van der Waals surface area (Å²) in [5, 5.41) is 4.46. The fourth-order valence-corrected chi connectivity index (χ4v) is 2.14. The van der Waals surface area contributed by atoms with Crippen molar-refractivity contribution in [3.63, 3.8) is 0 Å². The number of hydrogen-bond acceptors (Lipinski definition) is 2. The molecule has 0 amide bonds. The normalized spacial score (nSPS) is 10.9. The minimum atomic E-state index is 0.875. The third-order valence-corrected chi connectivity index (χ3v) is 2.91. The van der Waals surface area contributed by atoms with Crippen LogP contribution in [0.3, 0.4) is 0 Å². The van der Waals surface area contributed by atoms with Crippen LogP contribution in [0, 0.1) is 0 Å². The number of benzene rings is 1. The quantitative estimate of drug-likeness (QED) is 0.827. The Kier molecular flexibility index (Phi) is 3.15. The number of nitrogens with one attached hydrogen (secondary N) is 2. The smallest absolute Gasteiger partial charge is 0.119 e. The van der Waals surface area contributed by atoms with Crippen LogP contribution in [-0.2, 0) is 13.0 Å². The van der Waals surface area contributed by atoms with E-state index in [9.17, 15) is 0 Å². The van der Waals surface area contributed by atoms with E-state index in [1.165, 1.54) is 22.2 Å². The Labute approximate surface area is 95.8 Å². The Morgan fingerprint density at radius 3 is 2.81 bits per heavy atom. The number of ether oxygens (including phenoxy) is 1. The van der Waals surface area contributed by atoms with E-state index in [-0.39, 0.29) is 0 Å². The second-order valence-corrected chi connectivity index (χ2v) is 3.88. The fraction of sp³-hybridized carbons (Fsp3) is 0.385. The zero-order valence-electron chi connectivity index (χ0n) is 10.1. The molecule has 2 rings (SSSR count). The molecule has 86 valence electrons. The summed E-state index contributed by atoms with van der Waals surface area (Å²) in [6, 6.07) is 6.16. The SMILES string of the molecule is CCc1c(CNC)[nH]c2ccc(OC)cc12. The molecule has 0 fully saturated rings. The molecule has 2 N–H and O–H groups in total. The van der Waals surface area contributed by atoms with E-state index in [1.54, 1.807) is 7.11 Å². The van der Waals surface area contributed by atoms with Crippen molar-refractivity contribution >= 4 is 10.9 Å². The zero-order valence-corrected chi connectivity index (χ0v) is 10.1. The van der Waals surface area contributed by atoms with Gasteiger partial charge in [-0.2, -0.15) is 0 Å². The standard InChI is InChI=1S/C13H18N2O/c1-4-10-11-7-9(16-3)5-6-12(11)15-13(10)8-14-2/h5-7,14-15H,4,8H2,1-3H3. The van der Waals surface area contributed by atoms with Gasteiger partial charge in [-0.05, 0) is 37.2 Å². The lowest BCUT2D eigenvalue weighted by Crippen LogP contribution is -2.07. The molecule has 0 spiro atoms. The summed E-state index contributed by atoms with van der Waals surface area (Å²) in [4.78, 5) is 3.45. The number of aromatic nitrogens is 1. The predicted octanol–water partition coefficient (Wildman–Crippen LogP) is 2.46. The van der Waals surface area contributed by atoms with Gasteiger partial charge in [-0.15, -0.1) is 0 Å². The second kappa shape index (κ2) is 4.58. The van der Waals surface area contributed by atoms with Crippen LogP contribution in [0.4, 0.5) is 0 Å². The first-order valence-corrected chi connectivity index (χ1v) is 5.62. The third kappa shape index (κ3) is 1.78. The molecule has 0 saturated carbocycles. The number of aromatic amines is 1. The molecule has 1 aromatic carbocycles. The number of rotatable bonds is 4. The van der Waals surface area contributed by atoms with Gasteiger partial charge in [0.25, 0.3) is 0 Å². The Balaban J connectivity index is 2.58. The Hall–Kier alpha value is -1.48. The Morgan fingerprint density at radius 2 is 2.19 bits per heavy atom. The lowest BCUT2D eigenvalue weighted by atomic mass is 10.1. The van der Waals surface area contributed by atoms with Crippen LogP contribution in [0.2, 0.25) is 0 Å². The highest BCUT2D eigenvalue weighted by molar-refractivity contribution is 5.86. The first-order valence-electron chi connectivity index (χ1n) is 5.62. The second-order valence-electron chi connectivity index (χ2n) is 3.88. The molecule has 16 heavy (non-hydrogen) atoms. The van der Waals surface area contributed by atoms with Crippen molar-refractivity contribution in [2.24, 2.45) is 0 Å². The molecule has 0 atom stereocenters. The Morgan fingerprint density at radius 1 is 1.38 bits per heavy atom. The first-order chi connectivity index (χ1) is 7.80. The minimum Gasteiger partial charge on any atom is -0.497 e. The predicted molar refractivity (Wildman–Crippen MR) is 67.0 cm³/mol. The molecular formula is C13H18N2O. The Bertz CT molecular complexity index is 488. The zero-order chi connectivity index (χ0) is 11.5. The average molecular weight is 218 g/mol. The summed E-state index contributed by atoms with van der Waals surface area (Å²) < 4.78 is 5.26. The van der Waals surface area contributed by atoms with Gasteiger partial charge in [0, 0.05) is 23.1 Å². The highest BCUT2D eigenvalue weighted by atomic mass is 16.5. The molecular weight excluding hydrogens is 200 g/mol. The van der Waals surface area contributed by atoms with E-state index in [4.69, 9.17) is 4.74 Å². The molecule has 0 bridgehead atoms. The number of hydrogen-bond donors (Lipinski definition) is 2. The van der Waals surface area contributed by atoms with Gasteiger partial charge in [-0.3, -0.25) is 0 Å². The summed E-state index contributed by atoms with van der Waals surface area (Å²) in [6.45, 7) is 3.06. The highest BCUT2D eigenvalue weighted by Crippen LogP contribution is 2.26. The van der Waals surface area contributed by atoms with Crippen molar-refractivity contribution in [3.05, 3.63) is 29.5 Å². The van der Waals surface area contributed by atoms with Crippen molar-refractivity contribution in [3.8, 4) is 5.75 Å². The van der Waals surface area contributed by atoms with E-state index in [0.717, 1.165) is 18.7 Å². The molecule has 2 aromatic rings. The van der Waals surface area contributed by atoms with E-state index < -0.39 is 0 Å². The largest absolute Gasteiger partial charge is 0.497 e. The monoisotopic (exact) mass is 218 g/mol. The van der Waals surface area contributed by atoms with Gasteiger partial charge in [0.15, 0.2) is 0 Å². The number of aryl methyl sites for hydroxylation is 1. The van der Waals surface area contributed by atoms with Crippen LogP contribution in [-0.4, -0.2) is 19.1 Å². The molecule has 3 heteroatoms. The van der Waals surface area contributed by atoms with E-state index >= 15 is 0 Å². The van der Waals surface area contributed by atoms with Crippen molar-refractivity contribution in [2.45, 2.75) is 19.9 Å². The van der Waals surface area contributed by atoms with Crippen LogP contribution in [0.1, 0.15) is 18.2 Å². The first kappa shape index (κ1) is 11.0. The molecule has 0 aliphatic carbocycles. The summed E-state index contributed by atoms with van der Waals surface area (Å²) >= 11 is 0. The molecule has 0 unspecified atom stereocenters. The van der Waals surface area contributed by atoms with Gasteiger partial charge in [0.05, 0.1) is 7.11 Å². The molecule has 1 aromatic heterocycles. The van der Waals surface area contributed by atoms with Crippen molar-refractivity contribution in [1.82, 2.24) is 10.3 Å². The molecule has 0 saturated heterocycles. The van der Waals surface area contributed by atoms with Crippen LogP contribution in [0.15, 0.2) is 18.2 Å².